The Morgan fingerprint density at radius 1 is 0.623 bits per heavy atom. The van der Waals surface area contributed by atoms with E-state index in [1.807, 2.05) is 33.8 Å². The van der Waals surface area contributed by atoms with Crippen LogP contribution in [-0.4, -0.2) is 86.1 Å². The van der Waals surface area contributed by atoms with Crippen molar-refractivity contribution in [2.45, 2.75) is 73.5 Å². The second-order valence-corrected chi connectivity index (χ2v) is 10.5. The van der Waals surface area contributed by atoms with Gasteiger partial charge in [-0.25, -0.2) is 19.9 Å². The highest BCUT2D eigenvalue weighted by atomic mass is 17.1. The van der Waals surface area contributed by atoms with Gasteiger partial charge in [-0.3, -0.25) is 53.0 Å². The summed E-state index contributed by atoms with van der Waals surface area (Å²) in [6.45, 7) is 11.5. The van der Waals surface area contributed by atoms with Gasteiger partial charge in [0, 0.05) is 62.1 Å². The summed E-state index contributed by atoms with van der Waals surface area (Å²) in [6, 6.07) is 17.5. The Morgan fingerprint density at radius 2 is 1.02 bits per heavy atom. The maximum absolute atomic E-state index is 11.5. The lowest BCUT2D eigenvalue weighted by Crippen LogP contribution is -2.34. The molecule has 1 atom stereocenters. The molecule has 4 aliphatic heterocycles. The van der Waals surface area contributed by atoms with Gasteiger partial charge in [0.25, 0.3) is 23.6 Å². The summed E-state index contributed by atoms with van der Waals surface area (Å²) in [5.74, 6) is -2.29. The topological polar surface area (TPSA) is 196 Å². The molecule has 284 valence electrons. The fraction of sp³-hybridized carbons (Fsp3) is 0.342. The van der Waals surface area contributed by atoms with Gasteiger partial charge in [-0.05, 0) is 26.0 Å². The van der Waals surface area contributed by atoms with E-state index in [0.29, 0.717) is 30.6 Å². The molecule has 0 bridgehead atoms. The average molecular weight is 735 g/mol. The summed E-state index contributed by atoms with van der Waals surface area (Å²) in [6.07, 6.45) is 4.99. The summed E-state index contributed by atoms with van der Waals surface area (Å²) in [5.41, 5.74) is 1.18. The fourth-order valence-electron chi connectivity index (χ4n) is 4.75. The van der Waals surface area contributed by atoms with Gasteiger partial charge in [-0.1, -0.05) is 76.2 Å². The van der Waals surface area contributed by atoms with E-state index in [2.05, 4.69) is 4.89 Å². The zero-order valence-electron chi connectivity index (χ0n) is 30.7. The Kier molecular flexibility index (Phi) is 20.0. The largest absolute Gasteiger partial charge is 0.298 e. The van der Waals surface area contributed by atoms with E-state index in [0.717, 1.165) is 26.9 Å². The molecule has 0 saturated carbocycles. The summed E-state index contributed by atoms with van der Waals surface area (Å²) in [7, 11) is 0. The van der Waals surface area contributed by atoms with Crippen LogP contribution in [0.25, 0.3) is 0 Å². The Labute approximate surface area is 308 Å². The number of benzene rings is 2. The van der Waals surface area contributed by atoms with Crippen molar-refractivity contribution in [1.82, 2.24) is 14.7 Å². The molecule has 0 radical (unpaired) electrons. The van der Waals surface area contributed by atoms with E-state index in [1.165, 1.54) is 24.0 Å². The van der Waals surface area contributed by atoms with Gasteiger partial charge in [0.15, 0.2) is 6.23 Å². The van der Waals surface area contributed by atoms with Crippen molar-refractivity contribution in [3.05, 3.63) is 90.5 Å². The van der Waals surface area contributed by atoms with E-state index < -0.39 is 18.0 Å². The van der Waals surface area contributed by atoms with Crippen LogP contribution in [0.2, 0.25) is 0 Å². The number of imide groups is 4. The predicted molar refractivity (Wildman–Crippen MR) is 193 cm³/mol. The first-order chi connectivity index (χ1) is 25.4. The van der Waals surface area contributed by atoms with Gasteiger partial charge in [-0.2, -0.15) is 0 Å². The molecule has 2 fully saturated rings. The summed E-state index contributed by atoms with van der Waals surface area (Å²) >= 11 is 0. The van der Waals surface area contributed by atoms with E-state index >= 15 is 0 Å². The van der Waals surface area contributed by atoms with Gasteiger partial charge < -0.3 is 0 Å². The Morgan fingerprint density at radius 3 is 1.40 bits per heavy atom. The standard InChI is InChI=1S/C11H11NO4.C10H7NO2.C7H7NO3.C6H9NO2.2C2H6/c13-9-6-7-10(14)12(9)11(16-15)8-4-2-1-3-5-8;12-9-6-7-10(13)11(9)8-4-2-1-3-5-8;1-5(9)4-8-6(10)2-3-7(8)11;1-2-7-5(8)3-4-6(7)9;2*1-2/h1-5,11,15H,6-7H2;1-7H;2-3H,4H2,1H3;2-4H2,1H3;2*1-2H3. The molecule has 8 amide bonds. The van der Waals surface area contributed by atoms with Crippen molar-refractivity contribution in [1.29, 1.82) is 0 Å². The van der Waals surface area contributed by atoms with E-state index in [-0.39, 0.29) is 60.6 Å². The number of para-hydroxylation sites is 1. The van der Waals surface area contributed by atoms with Crippen LogP contribution >= 0.6 is 0 Å². The molecule has 53 heavy (non-hydrogen) atoms. The highest BCUT2D eigenvalue weighted by molar-refractivity contribution is 6.28. The van der Waals surface area contributed by atoms with E-state index in [4.69, 9.17) is 5.26 Å². The molecule has 15 nitrogen and oxygen atoms in total. The molecule has 15 heteroatoms. The fourth-order valence-corrected chi connectivity index (χ4v) is 4.75. The first-order valence-corrected chi connectivity index (χ1v) is 17.1. The Bertz CT molecular complexity index is 1610. The second-order valence-electron chi connectivity index (χ2n) is 10.5. The van der Waals surface area contributed by atoms with Gasteiger partial charge >= 0.3 is 0 Å². The number of carbonyl (C=O) groups excluding carboxylic acids is 9. The maximum Gasteiger partial charge on any atom is 0.258 e. The summed E-state index contributed by atoms with van der Waals surface area (Å²) in [4.78, 5) is 107. The van der Waals surface area contributed by atoms with Crippen molar-refractivity contribution in [3.63, 3.8) is 0 Å². The van der Waals surface area contributed by atoms with Crippen molar-refractivity contribution in [2.24, 2.45) is 0 Å². The number of ketones is 1. The molecular weight excluding hydrogens is 688 g/mol. The molecule has 1 N–H and O–H groups in total. The molecule has 6 rings (SSSR count). The minimum absolute atomic E-state index is 0.0255. The van der Waals surface area contributed by atoms with Gasteiger partial charge in [-0.15, -0.1) is 0 Å². The normalized spacial score (nSPS) is 16.1. The summed E-state index contributed by atoms with van der Waals surface area (Å²) in [5, 5.41) is 8.83. The number of amides is 8. The zero-order valence-corrected chi connectivity index (χ0v) is 30.7. The third-order valence-corrected chi connectivity index (χ3v) is 7.09. The number of rotatable bonds is 7. The number of carbonyl (C=O) groups is 9. The lowest BCUT2D eigenvalue weighted by molar-refractivity contribution is -0.308. The van der Waals surface area contributed by atoms with Crippen LogP contribution in [0.1, 0.15) is 79.0 Å². The Hall–Kier alpha value is -5.93. The van der Waals surface area contributed by atoms with Crippen LogP contribution in [0.3, 0.4) is 0 Å². The van der Waals surface area contributed by atoms with Crippen molar-refractivity contribution < 1.29 is 53.3 Å². The lowest BCUT2D eigenvalue weighted by Gasteiger charge is -2.23. The van der Waals surface area contributed by atoms with Gasteiger partial charge in [0.1, 0.15) is 5.78 Å². The van der Waals surface area contributed by atoms with Crippen LogP contribution in [0.4, 0.5) is 5.69 Å². The number of anilines is 1. The number of hydrogen-bond donors (Lipinski definition) is 1. The molecule has 2 saturated heterocycles. The minimum atomic E-state index is -1.04. The number of likely N-dealkylation sites (tertiary alicyclic amines) is 2. The smallest absolute Gasteiger partial charge is 0.258 e. The molecule has 2 aromatic carbocycles. The monoisotopic (exact) mass is 734 g/mol. The molecule has 0 spiro atoms. The predicted octanol–water partition coefficient (Wildman–Crippen LogP) is 4.15. The maximum atomic E-state index is 11.5. The summed E-state index contributed by atoms with van der Waals surface area (Å²) < 4.78 is 0. The van der Waals surface area contributed by atoms with Crippen LogP contribution < -0.4 is 4.90 Å². The number of hydrogen-bond acceptors (Lipinski definition) is 11. The van der Waals surface area contributed by atoms with Crippen molar-refractivity contribution in [2.75, 3.05) is 18.0 Å². The van der Waals surface area contributed by atoms with Crippen LogP contribution in [0, 0.1) is 0 Å². The molecule has 2 aromatic rings. The van der Waals surface area contributed by atoms with Gasteiger partial charge in [0.2, 0.25) is 23.6 Å². The first kappa shape index (κ1) is 45.1. The minimum Gasteiger partial charge on any atom is -0.298 e. The van der Waals surface area contributed by atoms with E-state index in [1.54, 1.807) is 61.5 Å². The molecule has 1 unspecified atom stereocenters. The lowest BCUT2D eigenvalue weighted by atomic mass is 10.2. The first-order valence-electron chi connectivity index (χ1n) is 17.1. The molecule has 4 aliphatic rings. The van der Waals surface area contributed by atoms with Crippen LogP contribution in [0.5, 0.6) is 0 Å². The van der Waals surface area contributed by atoms with Crippen molar-refractivity contribution in [3.8, 4) is 0 Å². The van der Waals surface area contributed by atoms with Crippen molar-refractivity contribution >= 4 is 58.7 Å². The number of nitrogens with zero attached hydrogens (tertiary/aromatic N) is 4. The van der Waals surface area contributed by atoms with Crippen LogP contribution in [0.15, 0.2) is 85.0 Å². The Balaban J connectivity index is 0.000000349. The highest BCUT2D eigenvalue weighted by Crippen LogP contribution is 2.27. The van der Waals surface area contributed by atoms with Gasteiger partial charge in [0.05, 0.1) is 12.2 Å². The number of Topliss-reactive ketones (excluding diaryl/α,β-unsaturated/α-hetero) is 1. The quantitative estimate of drug-likeness (QED) is 0.244. The molecule has 0 aliphatic carbocycles. The molecule has 4 heterocycles. The SMILES string of the molecule is CC.CC.CC(=O)CN1C(=O)C=CC1=O.CCN1C(=O)CCC1=O.O=C1C=CC(=O)N1c1ccccc1.O=C1CCC(=O)N1C(OO)c1ccccc1. The molecule has 0 aromatic heterocycles. The zero-order chi connectivity index (χ0) is 40.1. The van der Waals surface area contributed by atoms with Crippen LogP contribution in [-0.2, 0) is 48.0 Å². The average Bonchev–Trinajstić information content (AvgIpc) is 3.90. The van der Waals surface area contributed by atoms with E-state index in [9.17, 15) is 43.2 Å². The highest BCUT2D eigenvalue weighted by Gasteiger charge is 2.37. The second kappa shape index (κ2) is 23.5. The molecular formula is C38H46N4O11. The third-order valence-electron chi connectivity index (χ3n) is 7.09. The third kappa shape index (κ3) is 13.3.